The standard InChI is InChI=1S/C34H43N/c1-33(2)23-32(24-34(3,4)35-33)31-21-19-30(20-22-31)29-17-15-28(16-18-29)27-13-11-26(12-14-27)25-9-7-5-6-8-10-25/h5-14,19-22,25,28-29,32,35H,15-18,23-24H2,1-4H3. The Hall–Kier alpha value is -2.38. The van der Waals surface area contributed by atoms with Crippen LogP contribution >= 0.6 is 0 Å². The lowest BCUT2D eigenvalue weighted by Gasteiger charge is -2.46. The molecule has 2 aliphatic carbocycles. The predicted molar refractivity (Wildman–Crippen MR) is 150 cm³/mol. The van der Waals surface area contributed by atoms with Crippen LogP contribution in [0.3, 0.4) is 0 Å². The van der Waals surface area contributed by atoms with Crippen LogP contribution in [0, 0.1) is 0 Å². The quantitative estimate of drug-likeness (QED) is 0.475. The minimum atomic E-state index is 0.196. The molecule has 1 heteroatoms. The molecule has 2 fully saturated rings. The normalized spacial score (nSPS) is 26.5. The van der Waals surface area contributed by atoms with Gasteiger partial charge in [0, 0.05) is 17.0 Å². The second kappa shape index (κ2) is 9.94. The zero-order chi connectivity index (χ0) is 24.5. The van der Waals surface area contributed by atoms with E-state index < -0.39 is 0 Å². The fourth-order valence-corrected chi connectivity index (χ4v) is 7.13. The SMILES string of the molecule is CC1(C)CC(c2ccc(C3CCC(c4ccc(C5C=CC=CC=C5)cc4)CC3)cc2)CC(C)(C)N1. The highest BCUT2D eigenvalue weighted by Gasteiger charge is 2.38. The molecule has 2 aromatic rings. The Balaban J connectivity index is 1.18. The molecule has 2 aromatic carbocycles. The largest absolute Gasteiger partial charge is 0.307 e. The molecule has 1 N–H and O–H groups in total. The average Bonchev–Trinajstić information content (AvgIpc) is 3.12. The first-order chi connectivity index (χ1) is 16.8. The second-order valence-electron chi connectivity index (χ2n) is 12.6. The Kier molecular flexibility index (Phi) is 6.91. The van der Waals surface area contributed by atoms with Crippen molar-refractivity contribution in [2.24, 2.45) is 0 Å². The van der Waals surface area contributed by atoms with Crippen molar-refractivity contribution in [3.63, 3.8) is 0 Å². The van der Waals surface area contributed by atoms with Gasteiger partial charge < -0.3 is 5.32 Å². The van der Waals surface area contributed by atoms with E-state index in [1.165, 1.54) is 55.2 Å². The molecule has 0 unspecified atom stereocenters. The van der Waals surface area contributed by atoms with Crippen molar-refractivity contribution in [1.82, 2.24) is 5.32 Å². The Labute approximate surface area is 213 Å². The summed E-state index contributed by atoms with van der Waals surface area (Å²) in [7, 11) is 0. The Morgan fingerprint density at radius 1 is 0.514 bits per heavy atom. The van der Waals surface area contributed by atoms with Crippen LogP contribution in [-0.2, 0) is 0 Å². The molecule has 0 atom stereocenters. The van der Waals surface area contributed by atoms with Crippen LogP contribution in [0.5, 0.6) is 0 Å². The van der Waals surface area contributed by atoms with Crippen LogP contribution in [0.2, 0.25) is 0 Å². The smallest absolute Gasteiger partial charge is 0.0204 e. The second-order valence-corrected chi connectivity index (χ2v) is 12.6. The fourth-order valence-electron chi connectivity index (χ4n) is 7.13. The number of piperidine rings is 1. The zero-order valence-electron chi connectivity index (χ0n) is 22.1. The lowest BCUT2D eigenvalue weighted by Crippen LogP contribution is -2.57. The Bertz CT molecular complexity index is 1040. The molecular formula is C34H43N. The lowest BCUT2D eigenvalue weighted by atomic mass is 9.72. The van der Waals surface area contributed by atoms with E-state index in [0.717, 1.165) is 0 Å². The molecule has 1 saturated heterocycles. The average molecular weight is 466 g/mol. The van der Waals surface area contributed by atoms with Gasteiger partial charge in [0.15, 0.2) is 0 Å². The van der Waals surface area contributed by atoms with Crippen molar-refractivity contribution in [1.29, 1.82) is 0 Å². The molecule has 184 valence electrons. The van der Waals surface area contributed by atoms with Gasteiger partial charge in [-0.3, -0.25) is 0 Å². The van der Waals surface area contributed by atoms with Crippen molar-refractivity contribution in [2.75, 3.05) is 0 Å². The number of hydrogen-bond donors (Lipinski definition) is 1. The number of rotatable bonds is 4. The van der Waals surface area contributed by atoms with Gasteiger partial charge in [-0.25, -0.2) is 0 Å². The van der Waals surface area contributed by atoms with Crippen LogP contribution < -0.4 is 5.32 Å². The molecule has 3 aliphatic rings. The molecule has 1 nitrogen and oxygen atoms in total. The summed E-state index contributed by atoms with van der Waals surface area (Å²) in [6.45, 7) is 9.41. The minimum Gasteiger partial charge on any atom is -0.307 e. The van der Waals surface area contributed by atoms with Crippen molar-refractivity contribution in [3.8, 4) is 0 Å². The van der Waals surface area contributed by atoms with Gasteiger partial charge in [-0.1, -0.05) is 85.0 Å². The summed E-state index contributed by atoms with van der Waals surface area (Å²) in [5, 5.41) is 3.83. The molecule has 1 heterocycles. The van der Waals surface area contributed by atoms with Crippen LogP contribution in [0.15, 0.2) is 85.0 Å². The maximum absolute atomic E-state index is 3.83. The molecular weight excluding hydrogens is 422 g/mol. The molecule has 1 aliphatic heterocycles. The number of benzene rings is 2. The number of hydrogen-bond acceptors (Lipinski definition) is 1. The highest BCUT2D eigenvalue weighted by atomic mass is 15.0. The zero-order valence-corrected chi connectivity index (χ0v) is 22.1. The van der Waals surface area contributed by atoms with Gasteiger partial charge >= 0.3 is 0 Å². The highest BCUT2D eigenvalue weighted by molar-refractivity contribution is 5.36. The van der Waals surface area contributed by atoms with Gasteiger partial charge in [-0.15, -0.1) is 0 Å². The van der Waals surface area contributed by atoms with E-state index in [1.54, 1.807) is 5.56 Å². The molecule has 1 saturated carbocycles. The maximum atomic E-state index is 3.83. The molecule has 0 radical (unpaired) electrons. The topological polar surface area (TPSA) is 12.0 Å². The minimum absolute atomic E-state index is 0.196. The first-order valence-corrected chi connectivity index (χ1v) is 13.8. The molecule has 0 amide bonds. The van der Waals surface area contributed by atoms with Gasteiger partial charge in [-0.05, 0) is 106 Å². The predicted octanol–water partition coefficient (Wildman–Crippen LogP) is 8.92. The van der Waals surface area contributed by atoms with Gasteiger partial charge in [0.2, 0.25) is 0 Å². The van der Waals surface area contributed by atoms with Crippen LogP contribution in [-0.4, -0.2) is 11.1 Å². The van der Waals surface area contributed by atoms with Crippen molar-refractivity contribution < 1.29 is 0 Å². The van der Waals surface area contributed by atoms with Gasteiger partial charge in [-0.2, -0.15) is 0 Å². The molecule has 0 bridgehead atoms. The summed E-state index contributed by atoms with van der Waals surface area (Å²) in [4.78, 5) is 0. The molecule has 35 heavy (non-hydrogen) atoms. The summed E-state index contributed by atoms with van der Waals surface area (Å²) >= 11 is 0. The molecule has 0 aromatic heterocycles. The third-order valence-corrected chi connectivity index (χ3v) is 8.56. The van der Waals surface area contributed by atoms with E-state index in [2.05, 4.69) is 118 Å². The van der Waals surface area contributed by atoms with E-state index in [-0.39, 0.29) is 11.1 Å². The first kappa shape index (κ1) is 24.3. The number of allylic oxidation sites excluding steroid dienone is 6. The summed E-state index contributed by atoms with van der Waals surface area (Å²) in [5.41, 5.74) is 6.39. The van der Waals surface area contributed by atoms with Crippen LogP contribution in [0.1, 0.15) is 112 Å². The van der Waals surface area contributed by atoms with Gasteiger partial charge in [0.25, 0.3) is 0 Å². The van der Waals surface area contributed by atoms with E-state index in [1.807, 2.05) is 0 Å². The van der Waals surface area contributed by atoms with E-state index in [0.29, 0.717) is 23.7 Å². The summed E-state index contributed by atoms with van der Waals surface area (Å²) in [6, 6.07) is 19.2. The monoisotopic (exact) mass is 465 g/mol. The van der Waals surface area contributed by atoms with E-state index in [9.17, 15) is 0 Å². The third kappa shape index (κ3) is 5.89. The van der Waals surface area contributed by atoms with Crippen molar-refractivity contribution in [2.45, 2.75) is 101 Å². The third-order valence-electron chi connectivity index (χ3n) is 8.56. The van der Waals surface area contributed by atoms with E-state index >= 15 is 0 Å². The fraction of sp³-hybridized carbons (Fsp3) is 0.471. The summed E-state index contributed by atoms with van der Waals surface area (Å²) in [5.74, 6) is 2.46. The van der Waals surface area contributed by atoms with E-state index in [4.69, 9.17) is 0 Å². The lowest BCUT2D eigenvalue weighted by molar-refractivity contribution is 0.162. The highest BCUT2D eigenvalue weighted by Crippen LogP contribution is 2.42. The first-order valence-electron chi connectivity index (χ1n) is 13.8. The van der Waals surface area contributed by atoms with Crippen molar-refractivity contribution >= 4 is 0 Å². The van der Waals surface area contributed by atoms with Gasteiger partial charge in [0.05, 0.1) is 0 Å². The molecule has 0 spiro atoms. The molecule has 5 rings (SSSR count). The summed E-state index contributed by atoms with van der Waals surface area (Å²) in [6.07, 6.45) is 20.7. The van der Waals surface area contributed by atoms with Crippen LogP contribution in [0.25, 0.3) is 0 Å². The van der Waals surface area contributed by atoms with Crippen molar-refractivity contribution in [3.05, 3.63) is 107 Å². The number of nitrogens with one attached hydrogen (secondary N) is 1. The Morgan fingerprint density at radius 3 is 1.31 bits per heavy atom. The van der Waals surface area contributed by atoms with Gasteiger partial charge in [0.1, 0.15) is 0 Å². The maximum Gasteiger partial charge on any atom is 0.0204 e. The van der Waals surface area contributed by atoms with Crippen LogP contribution in [0.4, 0.5) is 0 Å². The Morgan fingerprint density at radius 2 is 0.886 bits per heavy atom. The summed E-state index contributed by atoms with van der Waals surface area (Å²) < 4.78 is 0.